The van der Waals surface area contributed by atoms with E-state index in [2.05, 4.69) is 41.7 Å². The molecule has 3 aromatic carbocycles. The Morgan fingerprint density at radius 1 is 0.400 bits per heavy atom. The highest BCUT2D eigenvalue weighted by atomic mass is 16.6. The molecule has 1 fully saturated rings. The van der Waals surface area contributed by atoms with Crippen LogP contribution in [0.1, 0.15) is 29.5 Å². The summed E-state index contributed by atoms with van der Waals surface area (Å²) in [5.74, 6) is 0. The first-order chi connectivity index (χ1) is 24.9. The maximum Gasteiger partial charge on any atom is 0.143 e. The molecular formula is C40H57NO9. The van der Waals surface area contributed by atoms with Crippen molar-refractivity contribution in [2.75, 3.05) is 119 Å². The molecule has 10 heteroatoms. The minimum atomic E-state index is -0.745. The summed E-state index contributed by atoms with van der Waals surface area (Å²) in [6, 6.07) is 31.0. The van der Waals surface area contributed by atoms with E-state index in [1.165, 1.54) is 0 Å². The normalized spacial score (nSPS) is 13.9. The number of rotatable bonds is 29. The van der Waals surface area contributed by atoms with Crippen LogP contribution in [0.4, 0.5) is 0 Å². The zero-order chi connectivity index (χ0) is 34.6. The van der Waals surface area contributed by atoms with Gasteiger partial charge in [-0.05, 0) is 42.6 Å². The summed E-state index contributed by atoms with van der Waals surface area (Å²) in [6.45, 7) is 10.4. The monoisotopic (exact) mass is 695 g/mol. The third-order valence-corrected chi connectivity index (χ3v) is 8.19. The summed E-state index contributed by atoms with van der Waals surface area (Å²) >= 11 is 0. The molecule has 1 aliphatic heterocycles. The smallest absolute Gasteiger partial charge is 0.143 e. The highest BCUT2D eigenvalue weighted by molar-refractivity contribution is 5.47. The van der Waals surface area contributed by atoms with E-state index in [0.29, 0.717) is 112 Å². The van der Waals surface area contributed by atoms with Gasteiger partial charge < -0.3 is 47.9 Å². The average molecular weight is 696 g/mol. The Labute approximate surface area is 298 Å². The van der Waals surface area contributed by atoms with Gasteiger partial charge in [0.15, 0.2) is 0 Å². The molecule has 0 bridgehead atoms. The van der Waals surface area contributed by atoms with Gasteiger partial charge in [-0.3, -0.25) is 0 Å². The van der Waals surface area contributed by atoms with Crippen molar-refractivity contribution in [3.63, 3.8) is 0 Å². The number of ether oxygens (including phenoxy) is 9. The lowest BCUT2D eigenvalue weighted by Gasteiger charge is -2.36. The van der Waals surface area contributed by atoms with Crippen LogP contribution in [0, 0.1) is 0 Å². The number of nitrogens with one attached hydrogen (secondary N) is 1. The average Bonchev–Trinajstić information content (AvgIpc) is 3.18. The van der Waals surface area contributed by atoms with E-state index in [1.807, 2.05) is 54.6 Å². The molecule has 4 rings (SSSR count). The molecule has 10 nitrogen and oxygen atoms in total. The Morgan fingerprint density at radius 2 is 0.700 bits per heavy atom. The Bertz CT molecular complexity index is 1100. The standard InChI is InChI=1S/C40H57NO9/c1-4-10-36(11-5-1)40(37-12-6-2-7-13-37,38-14-8-3-9-15-38)50-35-33-48-31-29-46-27-25-44-23-21-42-20-22-43-24-26-45-28-30-47-32-34-49-39-16-18-41-19-17-39/h1-15,39,41H,16-35H2. The van der Waals surface area contributed by atoms with Gasteiger partial charge in [0.2, 0.25) is 0 Å². The Morgan fingerprint density at radius 3 is 1.04 bits per heavy atom. The minimum Gasteiger partial charge on any atom is -0.377 e. The molecule has 0 aromatic heterocycles. The van der Waals surface area contributed by atoms with Crippen LogP contribution in [0.5, 0.6) is 0 Å². The van der Waals surface area contributed by atoms with Crippen molar-refractivity contribution in [1.82, 2.24) is 5.32 Å². The van der Waals surface area contributed by atoms with Gasteiger partial charge in [-0.2, -0.15) is 0 Å². The van der Waals surface area contributed by atoms with E-state index in [9.17, 15) is 0 Å². The van der Waals surface area contributed by atoms with Gasteiger partial charge >= 0.3 is 0 Å². The molecule has 1 aliphatic rings. The van der Waals surface area contributed by atoms with Crippen LogP contribution in [0.15, 0.2) is 91.0 Å². The van der Waals surface area contributed by atoms with E-state index < -0.39 is 5.60 Å². The van der Waals surface area contributed by atoms with Crippen molar-refractivity contribution >= 4 is 0 Å². The van der Waals surface area contributed by atoms with Crippen molar-refractivity contribution < 1.29 is 42.6 Å². The van der Waals surface area contributed by atoms with Crippen LogP contribution in [0.3, 0.4) is 0 Å². The highest BCUT2D eigenvalue weighted by Gasteiger charge is 2.37. The predicted octanol–water partition coefficient (Wildman–Crippen LogP) is 4.88. The maximum absolute atomic E-state index is 6.73. The molecule has 0 atom stereocenters. The molecular weight excluding hydrogens is 638 g/mol. The van der Waals surface area contributed by atoms with E-state index in [1.54, 1.807) is 0 Å². The summed E-state index contributed by atoms with van der Waals surface area (Å²) in [5, 5.41) is 3.33. The van der Waals surface area contributed by atoms with Crippen molar-refractivity contribution in [2.45, 2.75) is 24.5 Å². The van der Waals surface area contributed by atoms with Crippen LogP contribution in [0.25, 0.3) is 0 Å². The van der Waals surface area contributed by atoms with E-state index in [-0.39, 0.29) is 0 Å². The molecule has 3 aromatic rings. The number of benzene rings is 3. The fourth-order valence-corrected chi connectivity index (χ4v) is 5.68. The van der Waals surface area contributed by atoms with Crippen LogP contribution >= 0.6 is 0 Å². The lowest BCUT2D eigenvalue weighted by atomic mass is 9.80. The van der Waals surface area contributed by atoms with Crippen LogP contribution in [-0.2, 0) is 48.2 Å². The largest absolute Gasteiger partial charge is 0.377 e. The summed E-state index contributed by atoms with van der Waals surface area (Å²) in [5.41, 5.74) is 2.47. The Hall–Kier alpha value is -2.74. The van der Waals surface area contributed by atoms with Crippen molar-refractivity contribution in [2.24, 2.45) is 0 Å². The topological polar surface area (TPSA) is 95.1 Å². The fraction of sp³-hybridized carbons (Fsp3) is 0.550. The third kappa shape index (κ3) is 15.2. The molecule has 0 aliphatic carbocycles. The van der Waals surface area contributed by atoms with Gasteiger partial charge in [0.1, 0.15) is 5.60 Å². The molecule has 0 unspecified atom stereocenters. The first-order valence-electron chi connectivity index (χ1n) is 18.1. The van der Waals surface area contributed by atoms with Crippen molar-refractivity contribution in [1.29, 1.82) is 0 Å². The van der Waals surface area contributed by atoms with Gasteiger partial charge in [-0.1, -0.05) is 91.0 Å². The molecule has 50 heavy (non-hydrogen) atoms. The lowest BCUT2D eigenvalue weighted by molar-refractivity contribution is -0.0402. The first kappa shape index (κ1) is 40.0. The summed E-state index contributed by atoms with van der Waals surface area (Å²) in [4.78, 5) is 0. The number of piperidine rings is 1. The van der Waals surface area contributed by atoms with Crippen LogP contribution in [-0.4, -0.2) is 125 Å². The predicted molar refractivity (Wildman–Crippen MR) is 193 cm³/mol. The summed E-state index contributed by atoms with van der Waals surface area (Å²) in [7, 11) is 0. The Balaban J connectivity index is 0.929. The highest BCUT2D eigenvalue weighted by Crippen LogP contribution is 2.40. The molecule has 0 spiro atoms. The second-order valence-electron chi connectivity index (χ2n) is 11.7. The maximum atomic E-state index is 6.73. The van der Waals surface area contributed by atoms with Gasteiger partial charge in [-0.15, -0.1) is 0 Å². The molecule has 1 heterocycles. The molecule has 276 valence electrons. The molecule has 1 N–H and O–H groups in total. The minimum absolute atomic E-state index is 0.370. The fourth-order valence-electron chi connectivity index (χ4n) is 5.68. The van der Waals surface area contributed by atoms with Crippen molar-refractivity contribution in [3.8, 4) is 0 Å². The van der Waals surface area contributed by atoms with Gasteiger partial charge in [-0.25, -0.2) is 0 Å². The number of hydrogen-bond acceptors (Lipinski definition) is 10. The molecule has 0 radical (unpaired) electrons. The van der Waals surface area contributed by atoms with Gasteiger partial charge in [0, 0.05) is 0 Å². The molecule has 0 saturated carbocycles. The second-order valence-corrected chi connectivity index (χ2v) is 11.7. The van der Waals surface area contributed by atoms with Crippen LogP contribution < -0.4 is 5.32 Å². The quantitative estimate of drug-likeness (QED) is 0.0801. The lowest BCUT2D eigenvalue weighted by Crippen LogP contribution is -2.34. The van der Waals surface area contributed by atoms with E-state index in [4.69, 9.17) is 42.6 Å². The van der Waals surface area contributed by atoms with E-state index in [0.717, 1.165) is 42.6 Å². The third-order valence-electron chi connectivity index (χ3n) is 8.19. The van der Waals surface area contributed by atoms with Crippen LogP contribution in [0.2, 0.25) is 0 Å². The second kappa shape index (κ2) is 26.1. The molecule has 1 saturated heterocycles. The summed E-state index contributed by atoms with van der Waals surface area (Å²) in [6.07, 6.45) is 2.53. The summed E-state index contributed by atoms with van der Waals surface area (Å²) < 4.78 is 51.8. The van der Waals surface area contributed by atoms with E-state index >= 15 is 0 Å². The van der Waals surface area contributed by atoms with Crippen molar-refractivity contribution in [3.05, 3.63) is 108 Å². The molecule has 0 amide bonds. The zero-order valence-electron chi connectivity index (χ0n) is 29.6. The SMILES string of the molecule is c1ccc(C(OCCOCCOCCOCCOCCOCCOCCOCCOC2CCNCC2)(c2ccccc2)c2ccccc2)cc1. The first-order valence-corrected chi connectivity index (χ1v) is 18.1. The Kier molecular flexibility index (Phi) is 20.9. The number of hydrogen-bond donors (Lipinski definition) is 1. The van der Waals surface area contributed by atoms with Gasteiger partial charge in [0.25, 0.3) is 0 Å². The zero-order valence-corrected chi connectivity index (χ0v) is 29.6. The van der Waals surface area contributed by atoms with Gasteiger partial charge in [0.05, 0.1) is 112 Å².